The summed E-state index contributed by atoms with van der Waals surface area (Å²) in [6.45, 7) is 2.10. The van der Waals surface area contributed by atoms with Crippen molar-refractivity contribution in [3.8, 4) is 5.75 Å². The van der Waals surface area contributed by atoms with Gasteiger partial charge in [0.2, 0.25) is 5.95 Å². The molecule has 0 saturated carbocycles. The highest BCUT2D eigenvalue weighted by atomic mass is 16.5. The molecule has 5 heteroatoms. The largest absolute Gasteiger partial charge is 0.496 e. The number of aromatic nitrogens is 2. The van der Waals surface area contributed by atoms with Gasteiger partial charge < -0.3 is 16.2 Å². The van der Waals surface area contributed by atoms with Crippen LogP contribution in [0.5, 0.6) is 5.75 Å². The zero-order chi connectivity index (χ0) is 13.8. The predicted octanol–water partition coefficient (Wildman–Crippen LogP) is 1.80. The molecule has 4 N–H and O–H groups in total. The SMILES string of the molecule is CCc1c(Cc2cnc(N)nc2N)cccc1OC. The first kappa shape index (κ1) is 13.1. The van der Waals surface area contributed by atoms with E-state index < -0.39 is 0 Å². The monoisotopic (exact) mass is 258 g/mol. The average molecular weight is 258 g/mol. The highest BCUT2D eigenvalue weighted by molar-refractivity contribution is 5.48. The first-order valence-corrected chi connectivity index (χ1v) is 6.17. The average Bonchev–Trinajstić information content (AvgIpc) is 2.41. The maximum atomic E-state index is 5.87. The summed E-state index contributed by atoms with van der Waals surface area (Å²) in [7, 11) is 1.68. The van der Waals surface area contributed by atoms with Gasteiger partial charge in [0.05, 0.1) is 7.11 Å². The Labute approximate surface area is 112 Å². The molecular formula is C14H18N4O. The van der Waals surface area contributed by atoms with Crippen LogP contribution in [0.15, 0.2) is 24.4 Å². The molecule has 100 valence electrons. The molecule has 0 aliphatic carbocycles. The van der Waals surface area contributed by atoms with Crippen molar-refractivity contribution in [2.45, 2.75) is 19.8 Å². The van der Waals surface area contributed by atoms with Crippen LogP contribution in [0.2, 0.25) is 0 Å². The van der Waals surface area contributed by atoms with Crippen molar-refractivity contribution < 1.29 is 4.74 Å². The molecule has 0 aliphatic heterocycles. The maximum absolute atomic E-state index is 5.87. The Kier molecular flexibility index (Phi) is 3.85. The molecule has 0 saturated heterocycles. The number of nitrogens with zero attached hydrogens (tertiary/aromatic N) is 2. The van der Waals surface area contributed by atoms with Gasteiger partial charge in [-0.2, -0.15) is 4.98 Å². The van der Waals surface area contributed by atoms with Gasteiger partial charge in [-0.15, -0.1) is 0 Å². The lowest BCUT2D eigenvalue weighted by Crippen LogP contribution is -2.05. The van der Waals surface area contributed by atoms with E-state index in [1.54, 1.807) is 13.3 Å². The van der Waals surface area contributed by atoms with Gasteiger partial charge in [0.15, 0.2) is 0 Å². The van der Waals surface area contributed by atoms with E-state index in [9.17, 15) is 0 Å². The predicted molar refractivity (Wildman–Crippen MR) is 76.0 cm³/mol. The standard InChI is InChI=1S/C14H18N4O/c1-3-11-9(5-4-6-12(11)19-2)7-10-8-17-14(16)18-13(10)15/h4-6,8H,3,7H2,1-2H3,(H4,15,16,17,18). The number of nitrogen functional groups attached to an aromatic ring is 2. The second kappa shape index (κ2) is 5.56. The van der Waals surface area contributed by atoms with Gasteiger partial charge in [-0.25, -0.2) is 4.98 Å². The molecule has 1 heterocycles. The Balaban J connectivity index is 2.37. The zero-order valence-electron chi connectivity index (χ0n) is 11.2. The fourth-order valence-electron chi connectivity index (χ4n) is 2.14. The van der Waals surface area contributed by atoms with Gasteiger partial charge in [0.25, 0.3) is 0 Å². The Bertz CT molecular complexity index is 584. The van der Waals surface area contributed by atoms with Crippen molar-refractivity contribution in [1.82, 2.24) is 9.97 Å². The fraction of sp³-hybridized carbons (Fsp3) is 0.286. The van der Waals surface area contributed by atoms with E-state index in [2.05, 4.69) is 23.0 Å². The topological polar surface area (TPSA) is 87.0 Å². The fourth-order valence-corrected chi connectivity index (χ4v) is 2.14. The molecule has 0 spiro atoms. The van der Waals surface area contributed by atoms with Crippen molar-refractivity contribution in [3.63, 3.8) is 0 Å². The molecule has 2 aromatic rings. The minimum atomic E-state index is 0.197. The molecule has 1 aromatic carbocycles. The summed E-state index contributed by atoms with van der Waals surface area (Å²) < 4.78 is 5.38. The Morgan fingerprint density at radius 3 is 2.63 bits per heavy atom. The Morgan fingerprint density at radius 2 is 2.00 bits per heavy atom. The highest BCUT2D eigenvalue weighted by Gasteiger charge is 2.10. The third kappa shape index (κ3) is 2.76. The van der Waals surface area contributed by atoms with E-state index in [4.69, 9.17) is 16.2 Å². The van der Waals surface area contributed by atoms with Crippen molar-refractivity contribution >= 4 is 11.8 Å². The lowest BCUT2D eigenvalue weighted by molar-refractivity contribution is 0.409. The van der Waals surface area contributed by atoms with Crippen LogP contribution in [-0.4, -0.2) is 17.1 Å². The summed E-state index contributed by atoms with van der Waals surface area (Å²) in [6.07, 6.45) is 3.25. The molecule has 0 fully saturated rings. The first-order valence-electron chi connectivity index (χ1n) is 6.17. The van der Waals surface area contributed by atoms with Crippen molar-refractivity contribution in [1.29, 1.82) is 0 Å². The smallest absolute Gasteiger partial charge is 0.221 e. The zero-order valence-corrected chi connectivity index (χ0v) is 11.2. The van der Waals surface area contributed by atoms with Crippen molar-refractivity contribution in [2.75, 3.05) is 18.6 Å². The number of rotatable bonds is 4. The normalized spacial score (nSPS) is 10.4. The number of nitrogens with two attached hydrogens (primary N) is 2. The van der Waals surface area contributed by atoms with Crippen LogP contribution in [-0.2, 0) is 12.8 Å². The van der Waals surface area contributed by atoms with E-state index in [0.717, 1.165) is 17.7 Å². The molecule has 0 aliphatic rings. The lowest BCUT2D eigenvalue weighted by Gasteiger charge is -2.13. The van der Waals surface area contributed by atoms with Crippen LogP contribution in [0.3, 0.4) is 0 Å². The molecule has 0 unspecified atom stereocenters. The summed E-state index contributed by atoms with van der Waals surface area (Å²) in [5, 5.41) is 0. The molecule has 0 radical (unpaired) electrons. The molecule has 0 atom stereocenters. The third-order valence-corrected chi connectivity index (χ3v) is 3.10. The van der Waals surface area contributed by atoms with E-state index in [1.807, 2.05) is 12.1 Å². The quantitative estimate of drug-likeness (QED) is 0.873. The second-order valence-corrected chi connectivity index (χ2v) is 4.27. The van der Waals surface area contributed by atoms with Crippen LogP contribution in [0.4, 0.5) is 11.8 Å². The molecule has 0 bridgehead atoms. The lowest BCUT2D eigenvalue weighted by atomic mass is 9.98. The summed E-state index contributed by atoms with van der Waals surface area (Å²) in [5.41, 5.74) is 14.6. The molecule has 0 amide bonds. The molecule has 5 nitrogen and oxygen atoms in total. The van der Waals surface area contributed by atoms with Crippen molar-refractivity contribution in [2.24, 2.45) is 0 Å². The van der Waals surface area contributed by atoms with Crippen LogP contribution in [0, 0.1) is 0 Å². The van der Waals surface area contributed by atoms with E-state index >= 15 is 0 Å². The van der Waals surface area contributed by atoms with Crippen LogP contribution in [0.1, 0.15) is 23.6 Å². The van der Waals surface area contributed by atoms with Crippen LogP contribution < -0.4 is 16.2 Å². The minimum Gasteiger partial charge on any atom is -0.496 e. The summed E-state index contributed by atoms with van der Waals surface area (Å²) in [6, 6.07) is 6.00. The van der Waals surface area contributed by atoms with Crippen molar-refractivity contribution in [3.05, 3.63) is 41.1 Å². The van der Waals surface area contributed by atoms with E-state index in [-0.39, 0.29) is 5.95 Å². The first-order chi connectivity index (χ1) is 9.15. The number of hydrogen-bond acceptors (Lipinski definition) is 5. The number of hydrogen-bond donors (Lipinski definition) is 2. The summed E-state index contributed by atoms with van der Waals surface area (Å²) in [4.78, 5) is 7.97. The Hall–Kier alpha value is -2.30. The van der Waals surface area contributed by atoms with Gasteiger partial charge in [-0.3, -0.25) is 0 Å². The number of methoxy groups -OCH3 is 1. The molecule has 1 aromatic heterocycles. The van der Waals surface area contributed by atoms with Crippen LogP contribution in [0.25, 0.3) is 0 Å². The molecular weight excluding hydrogens is 240 g/mol. The summed E-state index contributed by atoms with van der Waals surface area (Å²) >= 11 is 0. The van der Waals surface area contributed by atoms with E-state index in [1.165, 1.54) is 11.1 Å². The second-order valence-electron chi connectivity index (χ2n) is 4.27. The highest BCUT2D eigenvalue weighted by Crippen LogP contribution is 2.25. The summed E-state index contributed by atoms with van der Waals surface area (Å²) in [5.74, 6) is 1.52. The van der Waals surface area contributed by atoms with Gasteiger partial charge in [0.1, 0.15) is 11.6 Å². The van der Waals surface area contributed by atoms with Crippen LogP contribution >= 0.6 is 0 Å². The number of benzene rings is 1. The Morgan fingerprint density at radius 1 is 1.21 bits per heavy atom. The molecule has 2 rings (SSSR count). The minimum absolute atomic E-state index is 0.197. The maximum Gasteiger partial charge on any atom is 0.221 e. The molecule has 19 heavy (non-hydrogen) atoms. The number of ether oxygens (including phenoxy) is 1. The number of anilines is 2. The van der Waals surface area contributed by atoms with Gasteiger partial charge in [-0.05, 0) is 23.6 Å². The van der Waals surface area contributed by atoms with Gasteiger partial charge in [0, 0.05) is 18.2 Å². The van der Waals surface area contributed by atoms with E-state index in [0.29, 0.717) is 12.2 Å². The van der Waals surface area contributed by atoms with Gasteiger partial charge in [-0.1, -0.05) is 19.1 Å². The van der Waals surface area contributed by atoms with Gasteiger partial charge >= 0.3 is 0 Å². The third-order valence-electron chi connectivity index (χ3n) is 3.10.